The van der Waals surface area contributed by atoms with Crippen LogP contribution in [0, 0.1) is 0 Å². The molecule has 2 N–H and O–H groups in total. The van der Waals surface area contributed by atoms with Crippen molar-refractivity contribution in [3.8, 4) is 0 Å². The maximum atomic E-state index is 12.3. The molecule has 4 nitrogen and oxygen atoms in total. The minimum absolute atomic E-state index is 0.192. The summed E-state index contributed by atoms with van der Waals surface area (Å²) in [6, 6.07) is 11.7. The summed E-state index contributed by atoms with van der Waals surface area (Å²) in [6.07, 6.45) is 2.12. The Morgan fingerprint density at radius 2 is 1.86 bits per heavy atom. The van der Waals surface area contributed by atoms with Crippen molar-refractivity contribution in [1.29, 1.82) is 0 Å². The van der Waals surface area contributed by atoms with Crippen LogP contribution in [0.15, 0.2) is 47.4 Å². The van der Waals surface area contributed by atoms with E-state index in [1.165, 1.54) is 17.7 Å². The van der Waals surface area contributed by atoms with E-state index < -0.39 is 10.0 Å². The monoisotopic (exact) mass is 322 g/mol. The van der Waals surface area contributed by atoms with Crippen LogP contribution in [0.1, 0.15) is 12.0 Å². The number of fused-ring (bicyclic) bond motifs is 1. The Bertz CT molecular complexity index is 758. The minimum atomic E-state index is -3.59. The first-order chi connectivity index (χ1) is 10.0. The topological polar surface area (TPSA) is 58.2 Å². The van der Waals surface area contributed by atoms with Crippen LogP contribution in [-0.2, 0) is 16.4 Å². The van der Waals surface area contributed by atoms with Crippen molar-refractivity contribution in [3.63, 3.8) is 0 Å². The van der Waals surface area contributed by atoms with E-state index in [0.717, 1.165) is 25.1 Å². The molecule has 3 rings (SSSR count). The van der Waals surface area contributed by atoms with E-state index in [1.807, 2.05) is 12.1 Å². The SMILES string of the molecule is O=S(=O)(Nc1ccc2c(c1)NCCC2)c1ccc(Cl)cc1. The van der Waals surface area contributed by atoms with E-state index in [0.29, 0.717) is 10.7 Å². The number of nitrogens with one attached hydrogen (secondary N) is 2. The van der Waals surface area contributed by atoms with Gasteiger partial charge < -0.3 is 5.32 Å². The molecule has 0 unspecified atom stereocenters. The first kappa shape index (κ1) is 14.2. The third-order valence-corrected chi connectivity index (χ3v) is 5.07. The Labute approximate surface area is 129 Å². The molecule has 0 aliphatic carbocycles. The van der Waals surface area contributed by atoms with Crippen molar-refractivity contribution >= 4 is 33.0 Å². The summed E-state index contributed by atoms with van der Waals surface area (Å²) >= 11 is 5.78. The number of halogens is 1. The van der Waals surface area contributed by atoms with Gasteiger partial charge in [0.05, 0.1) is 10.6 Å². The van der Waals surface area contributed by atoms with Crippen LogP contribution >= 0.6 is 11.6 Å². The third kappa shape index (κ3) is 3.14. The fourth-order valence-electron chi connectivity index (χ4n) is 2.35. The lowest BCUT2D eigenvalue weighted by molar-refractivity contribution is 0.601. The zero-order valence-electron chi connectivity index (χ0n) is 11.3. The molecule has 0 amide bonds. The predicted molar refractivity (Wildman–Crippen MR) is 85.5 cm³/mol. The van der Waals surface area contributed by atoms with Crippen molar-refractivity contribution in [1.82, 2.24) is 0 Å². The van der Waals surface area contributed by atoms with E-state index in [9.17, 15) is 8.42 Å². The second kappa shape index (κ2) is 5.58. The van der Waals surface area contributed by atoms with Crippen LogP contribution in [0.4, 0.5) is 11.4 Å². The van der Waals surface area contributed by atoms with Crippen LogP contribution in [-0.4, -0.2) is 15.0 Å². The number of hydrogen-bond acceptors (Lipinski definition) is 3. The molecule has 0 saturated heterocycles. The smallest absolute Gasteiger partial charge is 0.261 e. The van der Waals surface area contributed by atoms with Gasteiger partial charge in [0.2, 0.25) is 0 Å². The molecular weight excluding hydrogens is 308 g/mol. The molecule has 0 radical (unpaired) electrons. The summed E-state index contributed by atoms with van der Waals surface area (Å²) in [7, 11) is -3.59. The van der Waals surface area contributed by atoms with Gasteiger partial charge in [-0.15, -0.1) is 0 Å². The fourth-order valence-corrected chi connectivity index (χ4v) is 3.53. The van der Waals surface area contributed by atoms with Crippen LogP contribution < -0.4 is 10.0 Å². The zero-order chi connectivity index (χ0) is 14.9. The summed E-state index contributed by atoms with van der Waals surface area (Å²) in [5.41, 5.74) is 2.77. The first-order valence-electron chi connectivity index (χ1n) is 6.70. The lowest BCUT2D eigenvalue weighted by Crippen LogP contribution is -2.15. The normalized spacial score (nSPS) is 14.1. The van der Waals surface area contributed by atoms with Gasteiger partial charge in [-0.2, -0.15) is 0 Å². The number of anilines is 2. The van der Waals surface area contributed by atoms with Crippen LogP contribution in [0.25, 0.3) is 0 Å². The zero-order valence-corrected chi connectivity index (χ0v) is 12.8. The van der Waals surface area contributed by atoms with Crippen LogP contribution in [0.3, 0.4) is 0 Å². The Kier molecular flexibility index (Phi) is 3.78. The maximum absolute atomic E-state index is 12.3. The van der Waals surface area contributed by atoms with Gasteiger partial charge in [0, 0.05) is 17.3 Å². The lowest BCUT2D eigenvalue weighted by Gasteiger charge is -2.19. The maximum Gasteiger partial charge on any atom is 0.261 e. The number of rotatable bonds is 3. The van der Waals surface area contributed by atoms with Gasteiger partial charge in [0.25, 0.3) is 10.0 Å². The van der Waals surface area contributed by atoms with Gasteiger partial charge in [-0.1, -0.05) is 17.7 Å². The molecule has 1 aliphatic heterocycles. The molecule has 1 aliphatic rings. The Morgan fingerprint density at radius 1 is 1.10 bits per heavy atom. The standard InChI is InChI=1S/C15H15ClN2O2S/c16-12-4-7-14(8-5-12)21(19,20)18-13-6-3-11-2-1-9-17-15(11)10-13/h3-8,10,17-18H,1-2,9H2. The second-order valence-electron chi connectivity index (χ2n) is 4.96. The molecule has 6 heteroatoms. The van der Waals surface area contributed by atoms with E-state index in [4.69, 9.17) is 11.6 Å². The molecule has 0 aromatic heterocycles. The molecule has 2 aromatic rings. The Hall–Kier alpha value is -1.72. The molecular formula is C15H15ClN2O2S. The Morgan fingerprint density at radius 3 is 2.62 bits per heavy atom. The quantitative estimate of drug-likeness (QED) is 0.909. The molecule has 2 aromatic carbocycles. The second-order valence-corrected chi connectivity index (χ2v) is 7.08. The van der Waals surface area contributed by atoms with Crippen molar-refractivity contribution in [2.45, 2.75) is 17.7 Å². The summed E-state index contributed by atoms with van der Waals surface area (Å²) in [6.45, 7) is 0.917. The van der Waals surface area contributed by atoms with Crippen LogP contribution in [0.5, 0.6) is 0 Å². The van der Waals surface area contributed by atoms with E-state index in [1.54, 1.807) is 18.2 Å². The summed E-state index contributed by atoms with van der Waals surface area (Å²) in [4.78, 5) is 0.192. The Balaban J connectivity index is 1.87. The molecule has 110 valence electrons. The fraction of sp³-hybridized carbons (Fsp3) is 0.200. The number of hydrogen-bond donors (Lipinski definition) is 2. The summed E-state index contributed by atoms with van der Waals surface area (Å²) in [5, 5.41) is 3.79. The van der Waals surface area contributed by atoms with Gasteiger partial charge in [0.15, 0.2) is 0 Å². The van der Waals surface area contributed by atoms with Crippen molar-refractivity contribution in [2.75, 3.05) is 16.6 Å². The summed E-state index contributed by atoms with van der Waals surface area (Å²) in [5.74, 6) is 0. The largest absolute Gasteiger partial charge is 0.385 e. The van der Waals surface area contributed by atoms with Gasteiger partial charge >= 0.3 is 0 Å². The highest BCUT2D eigenvalue weighted by Gasteiger charge is 2.15. The molecule has 1 heterocycles. The van der Waals surface area contributed by atoms with E-state index >= 15 is 0 Å². The average molecular weight is 323 g/mol. The van der Waals surface area contributed by atoms with Crippen molar-refractivity contribution < 1.29 is 8.42 Å². The molecule has 0 spiro atoms. The highest BCUT2D eigenvalue weighted by Crippen LogP contribution is 2.27. The number of sulfonamides is 1. The minimum Gasteiger partial charge on any atom is -0.385 e. The van der Waals surface area contributed by atoms with E-state index in [-0.39, 0.29) is 4.90 Å². The lowest BCUT2D eigenvalue weighted by atomic mass is 10.0. The van der Waals surface area contributed by atoms with Gasteiger partial charge in [-0.25, -0.2) is 8.42 Å². The van der Waals surface area contributed by atoms with Crippen LogP contribution in [0.2, 0.25) is 5.02 Å². The highest BCUT2D eigenvalue weighted by atomic mass is 35.5. The molecule has 0 fully saturated rings. The van der Waals surface area contributed by atoms with Crippen molar-refractivity contribution in [3.05, 3.63) is 53.1 Å². The summed E-state index contributed by atoms with van der Waals surface area (Å²) < 4.78 is 27.2. The first-order valence-corrected chi connectivity index (χ1v) is 8.56. The molecule has 21 heavy (non-hydrogen) atoms. The van der Waals surface area contributed by atoms with E-state index in [2.05, 4.69) is 10.0 Å². The predicted octanol–water partition coefficient (Wildman–Crippen LogP) is 3.50. The van der Waals surface area contributed by atoms with Gasteiger partial charge in [0.1, 0.15) is 0 Å². The highest BCUT2D eigenvalue weighted by molar-refractivity contribution is 7.92. The average Bonchev–Trinajstić information content (AvgIpc) is 2.47. The van der Waals surface area contributed by atoms with Gasteiger partial charge in [-0.05, 0) is 54.8 Å². The van der Waals surface area contributed by atoms with Gasteiger partial charge in [-0.3, -0.25) is 4.72 Å². The number of benzene rings is 2. The van der Waals surface area contributed by atoms with Crippen molar-refractivity contribution in [2.24, 2.45) is 0 Å². The molecule has 0 atom stereocenters. The molecule has 0 saturated carbocycles. The molecule has 0 bridgehead atoms. The third-order valence-electron chi connectivity index (χ3n) is 3.42. The number of aryl methyl sites for hydroxylation is 1.